The van der Waals surface area contributed by atoms with Gasteiger partial charge in [-0.15, -0.1) is 0 Å². The minimum atomic E-state index is -0.321. The Balaban J connectivity index is 1.74. The number of carbonyl (C=O) groups is 1. The van der Waals surface area contributed by atoms with E-state index in [1.807, 2.05) is 25.9 Å². The number of hydrogen-bond acceptors (Lipinski definition) is 9. The van der Waals surface area contributed by atoms with E-state index in [1.165, 1.54) is 18.4 Å². The third kappa shape index (κ3) is 4.19. The number of piperazine rings is 1. The molecule has 152 valence electrons. The summed E-state index contributed by atoms with van der Waals surface area (Å²) >= 11 is 1.40. The molecule has 28 heavy (non-hydrogen) atoms. The molecule has 1 aliphatic heterocycles. The fraction of sp³-hybridized carbons (Fsp3) is 0.579. The van der Waals surface area contributed by atoms with Crippen LogP contribution in [0.2, 0.25) is 0 Å². The van der Waals surface area contributed by atoms with Gasteiger partial charge in [0.2, 0.25) is 5.95 Å². The number of ether oxygens (including phenoxy) is 1. The Kier molecular flexibility index (Phi) is 6.02. The van der Waals surface area contributed by atoms with E-state index in [-0.39, 0.29) is 5.97 Å². The van der Waals surface area contributed by atoms with Crippen molar-refractivity contribution < 1.29 is 9.53 Å². The summed E-state index contributed by atoms with van der Waals surface area (Å²) in [5, 5.41) is 0.872. The van der Waals surface area contributed by atoms with Crippen molar-refractivity contribution >= 4 is 34.2 Å². The zero-order chi connectivity index (χ0) is 20.4. The summed E-state index contributed by atoms with van der Waals surface area (Å²) in [4.78, 5) is 32.8. The van der Waals surface area contributed by atoms with E-state index >= 15 is 0 Å². The predicted octanol–water partition coefficient (Wildman–Crippen LogP) is 2.54. The number of aromatic nitrogens is 3. The van der Waals surface area contributed by atoms with Gasteiger partial charge in [0.25, 0.3) is 0 Å². The molecule has 2 aromatic rings. The number of carbonyl (C=O) groups excluding carboxylic acids is 1. The van der Waals surface area contributed by atoms with Crippen LogP contribution in [-0.4, -0.2) is 68.3 Å². The molecule has 0 spiro atoms. The minimum absolute atomic E-state index is 0.321. The lowest BCUT2D eigenvalue weighted by atomic mass is 10.1. The molecule has 0 N–H and O–H groups in total. The van der Waals surface area contributed by atoms with Gasteiger partial charge >= 0.3 is 5.97 Å². The summed E-state index contributed by atoms with van der Waals surface area (Å²) in [6, 6.07) is 2.09. The van der Waals surface area contributed by atoms with Gasteiger partial charge in [-0.25, -0.2) is 14.8 Å². The highest BCUT2D eigenvalue weighted by Crippen LogP contribution is 2.29. The second-order valence-corrected chi connectivity index (χ2v) is 8.35. The van der Waals surface area contributed by atoms with Crippen LogP contribution in [0.25, 0.3) is 0 Å². The van der Waals surface area contributed by atoms with Crippen molar-refractivity contribution in [2.24, 2.45) is 0 Å². The second kappa shape index (κ2) is 8.30. The van der Waals surface area contributed by atoms with E-state index in [2.05, 4.69) is 39.7 Å². The number of anilines is 3. The number of rotatable bonds is 5. The van der Waals surface area contributed by atoms with Crippen LogP contribution in [0.3, 0.4) is 0 Å². The molecule has 3 rings (SSSR count). The van der Waals surface area contributed by atoms with Crippen LogP contribution in [0.5, 0.6) is 0 Å². The second-order valence-electron chi connectivity index (χ2n) is 7.38. The maximum absolute atomic E-state index is 11.8. The lowest BCUT2D eigenvalue weighted by molar-refractivity contribution is 0.0605. The van der Waals surface area contributed by atoms with Crippen molar-refractivity contribution in [1.82, 2.24) is 15.0 Å². The number of hydrogen-bond donors (Lipinski definition) is 0. The van der Waals surface area contributed by atoms with Gasteiger partial charge in [0.15, 0.2) is 5.13 Å². The average Bonchev–Trinajstić information content (AvgIpc) is 3.08. The Bertz CT molecular complexity index is 817. The van der Waals surface area contributed by atoms with Crippen LogP contribution in [0, 0.1) is 6.92 Å². The van der Waals surface area contributed by atoms with Gasteiger partial charge in [0.05, 0.1) is 18.5 Å². The molecule has 8 nitrogen and oxygen atoms in total. The SMILES string of the molecule is COC(=O)c1sc(N2CCN(c3cc(C(C)C)nc(N(C)C)n3)CC2)nc1C. The maximum atomic E-state index is 11.8. The third-order valence-electron chi connectivity index (χ3n) is 4.74. The number of methoxy groups -OCH3 is 1. The van der Waals surface area contributed by atoms with Gasteiger partial charge in [-0.05, 0) is 12.8 Å². The standard InChI is InChI=1S/C19H28N6O2S/c1-12(2)14-11-15(22-18(21-14)23(4)5)24-7-9-25(10-8-24)19-20-13(3)16(28-19)17(26)27-6/h11-12H,7-10H2,1-6H3. The van der Waals surface area contributed by atoms with Gasteiger partial charge in [0.1, 0.15) is 10.7 Å². The largest absolute Gasteiger partial charge is 0.465 e. The Labute approximate surface area is 170 Å². The highest BCUT2D eigenvalue weighted by atomic mass is 32.1. The molecule has 0 saturated carbocycles. The Morgan fingerprint density at radius 1 is 1.14 bits per heavy atom. The molecule has 1 fully saturated rings. The Morgan fingerprint density at radius 2 is 1.79 bits per heavy atom. The van der Waals surface area contributed by atoms with Gasteiger partial charge in [0, 0.05) is 46.3 Å². The summed E-state index contributed by atoms with van der Waals surface area (Å²) in [6.07, 6.45) is 0. The number of esters is 1. The van der Waals surface area contributed by atoms with E-state index in [0.717, 1.165) is 54.5 Å². The first-order chi connectivity index (χ1) is 13.3. The molecule has 0 radical (unpaired) electrons. The van der Waals surface area contributed by atoms with E-state index in [0.29, 0.717) is 10.8 Å². The summed E-state index contributed by atoms with van der Waals surface area (Å²) in [7, 11) is 5.32. The molecule has 2 aromatic heterocycles. The van der Waals surface area contributed by atoms with Crippen molar-refractivity contribution in [1.29, 1.82) is 0 Å². The van der Waals surface area contributed by atoms with Crippen LogP contribution < -0.4 is 14.7 Å². The summed E-state index contributed by atoms with van der Waals surface area (Å²) in [6.45, 7) is 9.47. The normalized spacial score (nSPS) is 14.5. The summed E-state index contributed by atoms with van der Waals surface area (Å²) in [5.74, 6) is 1.73. The number of nitrogens with zero attached hydrogens (tertiary/aromatic N) is 6. The fourth-order valence-corrected chi connectivity index (χ4v) is 4.06. The van der Waals surface area contributed by atoms with Crippen molar-refractivity contribution in [2.75, 3.05) is 62.1 Å². The van der Waals surface area contributed by atoms with Gasteiger partial charge < -0.3 is 19.4 Å². The molecule has 0 atom stereocenters. The Hall–Kier alpha value is -2.42. The van der Waals surface area contributed by atoms with E-state index in [1.54, 1.807) is 0 Å². The molecule has 0 unspecified atom stereocenters. The quantitative estimate of drug-likeness (QED) is 0.704. The molecule has 0 aromatic carbocycles. The first-order valence-corrected chi connectivity index (χ1v) is 10.2. The Morgan fingerprint density at radius 3 is 2.36 bits per heavy atom. The molecule has 1 saturated heterocycles. The smallest absolute Gasteiger partial charge is 0.350 e. The predicted molar refractivity (Wildman–Crippen MR) is 113 cm³/mol. The molecule has 0 aliphatic carbocycles. The summed E-state index contributed by atoms with van der Waals surface area (Å²) < 4.78 is 4.84. The lowest BCUT2D eigenvalue weighted by Crippen LogP contribution is -2.47. The van der Waals surface area contributed by atoms with E-state index < -0.39 is 0 Å². The average molecular weight is 405 g/mol. The maximum Gasteiger partial charge on any atom is 0.350 e. The topological polar surface area (TPSA) is 74.7 Å². The van der Waals surface area contributed by atoms with Crippen molar-refractivity contribution in [2.45, 2.75) is 26.7 Å². The monoisotopic (exact) mass is 404 g/mol. The molecule has 3 heterocycles. The summed E-state index contributed by atoms with van der Waals surface area (Å²) in [5.41, 5.74) is 1.77. The van der Waals surface area contributed by atoms with Gasteiger partial charge in [-0.3, -0.25) is 0 Å². The highest BCUT2D eigenvalue weighted by Gasteiger charge is 2.24. The molecular weight excluding hydrogens is 376 g/mol. The molecule has 0 bridgehead atoms. The van der Waals surface area contributed by atoms with E-state index in [9.17, 15) is 4.79 Å². The minimum Gasteiger partial charge on any atom is -0.465 e. The first-order valence-electron chi connectivity index (χ1n) is 9.42. The van der Waals surface area contributed by atoms with Crippen molar-refractivity contribution in [3.05, 3.63) is 22.3 Å². The van der Waals surface area contributed by atoms with Crippen LogP contribution in [-0.2, 0) is 4.74 Å². The molecule has 1 aliphatic rings. The first kappa shape index (κ1) is 20.3. The van der Waals surface area contributed by atoms with Crippen LogP contribution in [0.1, 0.15) is 40.8 Å². The van der Waals surface area contributed by atoms with Crippen LogP contribution >= 0.6 is 11.3 Å². The molecular formula is C19H28N6O2S. The van der Waals surface area contributed by atoms with Crippen LogP contribution in [0.4, 0.5) is 16.9 Å². The van der Waals surface area contributed by atoms with Crippen molar-refractivity contribution in [3.63, 3.8) is 0 Å². The lowest BCUT2D eigenvalue weighted by Gasteiger charge is -2.35. The molecule has 0 amide bonds. The zero-order valence-corrected chi connectivity index (χ0v) is 18.2. The molecule has 9 heteroatoms. The fourth-order valence-electron chi connectivity index (χ4n) is 3.02. The van der Waals surface area contributed by atoms with Gasteiger partial charge in [-0.2, -0.15) is 4.98 Å². The highest BCUT2D eigenvalue weighted by molar-refractivity contribution is 7.17. The zero-order valence-electron chi connectivity index (χ0n) is 17.4. The number of aryl methyl sites for hydroxylation is 1. The van der Waals surface area contributed by atoms with Crippen molar-refractivity contribution in [3.8, 4) is 0 Å². The van der Waals surface area contributed by atoms with E-state index in [4.69, 9.17) is 9.72 Å². The van der Waals surface area contributed by atoms with Gasteiger partial charge in [-0.1, -0.05) is 25.2 Å². The third-order valence-corrected chi connectivity index (χ3v) is 5.94. The van der Waals surface area contributed by atoms with Crippen LogP contribution in [0.15, 0.2) is 6.07 Å². The number of thiazole rings is 1.